The molecule has 1 aromatic rings. The van der Waals surface area contributed by atoms with Crippen molar-refractivity contribution in [3.63, 3.8) is 0 Å². The number of hydrogen-bond acceptors (Lipinski definition) is 4. The maximum Gasteiger partial charge on any atom is 0.220 e. The number of rotatable bonds is 7. The second-order valence-electron chi connectivity index (χ2n) is 6.31. The van der Waals surface area contributed by atoms with Gasteiger partial charge in [-0.05, 0) is 57.2 Å². The Kier molecular flexibility index (Phi) is 6.74. The molecule has 0 spiro atoms. The monoisotopic (exact) mass is 317 g/mol. The van der Waals surface area contributed by atoms with Crippen LogP contribution in [0.3, 0.4) is 0 Å². The molecule has 0 saturated carbocycles. The van der Waals surface area contributed by atoms with Gasteiger partial charge in [0.05, 0.1) is 0 Å². The van der Waals surface area contributed by atoms with Crippen LogP contribution in [0.4, 0.5) is 0 Å². The van der Waals surface area contributed by atoms with Crippen LogP contribution >= 0.6 is 0 Å². The van der Waals surface area contributed by atoms with E-state index in [0.717, 1.165) is 38.0 Å². The highest BCUT2D eigenvalue weighted by Crippen LogP contribution is 2.17. The molecular weight excluding hydrogens is 290 g/mol. The lowest BCUT2D eigenvalue weighted by atomic mass is 9.97. The Balaban J connectivity index is 1.84. The molecule has 0 bridgehead atoms. The van der Waals surface area contributed by atoms with Crippen molar-refractivity contribution in [1.82, 2.24) is 15.5 Å². The molecule has 1 aliphatic heterocycles. The lowest BCUT2D eigenvalue weighted by Gasteiger charge is -2.10. The summed E-state index contributed by atoms with van der Waals surface area (Å²) < 4.78 is 0. The number of carbonyl (C=O) groups is 2. The fraction of sp³-hybridized carbons (Fsp3) is 0.556. The summed E-state index contributed by atoms with van der Waals surface area (Å²) in [7, 11) is 3.92. The molecule has 1 heterocycles. The average molecular weight is 317 g/mol. The molecule has 5 nitrogen and oxygen atoms in total. The minimum atomic E-state index is -0.0563. The third-order valence-corrected chi connectivity index (χ3v) is 4.13. The number of Topliss-reactive ketones (excluding diaryl/α,β-unsaturated/α-hetero) is 1. The number of hydrogen-bond donors (Lipinski definition) is 2. The molecule has 23 heavy (non-hydrogen) atoms. The molecule has 2 N–H and O–H groups in total. The van der Waals surface area contributed by atoms with Crippen LogP contribution in [0.5, 0.6) is 0 Å². The number of fused-ring (bicyclic) bond motifs is 1. The SMILES string of the molecule is CN(C)CCNC(=O)CCC(=O)c1ccc2c(c1)CCNCC2. The highest BCUT2D eigenvalue weighted by Gasteiger charge is 2.13. The Morgan fingerprint density at radius 2 is 1.87 bits per heavy atom. The van der Waals surface area contributed by atoms with E-state index < -0.39 is 0 Å². The van der Waals surface area contributed by atoms with Crippen molar-refractivity contribution >= 4 is 11.7 Å². The van der Waals surface area contributed by atoms with Crippen molar-refractivity contribution < 1.29 is 9.59 Å². The molecule has 0 radical (unpaired) electrons. The number of amides is 1. The summed E-state index contributed by atoms with van der Waals surface area (Å²) >= 11 is 0. The predicted octanol–water partition coefficient (Wildman–Crippen LogP) is 1.02. The van der Waals surface area contributed by atoms with Crippen LogP contribution in [0.25, 0.3) is 0 Å². The first-order valence-corrected chi connectivity index (χ1v) is 8.33. The zero-order valence-corrected chi connectivity index (χ0v) is 14.2. The molecule has 0 fully saturated rings. The smallest absolute Gasteiger partial charge is 0.220 e. The van der Waals surface area contributed by atoms with Gasteiger partial charge in [0.1, 0.15) is 0 Å². The summed E-state index contributed by atoms with van der Waals surface area (Å²) in [5, 5.41) is 6.21. The minimum absolute atomic E-state index is 0.0489. The molecule has 0 atom stereocenters. The Bertz CT molecular complexity index is 555. The molecular formula is C18H27N3O2. The normalized spacial score (nSPS) is 14.2. The number of carbonyl (C=O) groups excluding carboxylic acids is 2. The van der Waals surface area contributed by atoms with Crippen LogP contribution in [-0.4, -0.2) is 56.9 Å². The van der Waals surface area contributed by atoms with E-state index in [1.54, 1.807) is 0 Å². The highest BCUT2D eigenvalue weighted by atomic mass is 16.2. The Hall–Kier alpha value is -1.72. The van der Waals surface area contributed by atoms with E-state index in [9.17, 15) is 9.59 Å². The van der Waals surface area contributed by atoms with Crippen molar-refractivity contribution in [2.75, 3.05) is 40.3 Å². The van der Waals surface area contributed by atoms with Gasteiger partial charge in [-0.25, -0.2) is 0 Å². The summed E-state index contributed by atoms with van der Waals surface area (Å²) in [6, 6.07) is 5.97. The average Bonchev–Trinajstić information content (AvgIpc) is 2.76. The first-order chi connectivity index (χ1) is 11.1. The van der Waals surface area contributed by atoms with Crippen LogP contribution in [0.1, 0.15) is 34.3 Å². The third-order valence-electron chi connectivity index (χ3n) is 4.13. The second kappa shape index (κ2) is 8.79. The predicted molar refractivity (Wildman–Crippen MR) is 91.8 cm³/mol. The quantitative estimate of drug-likeness (QED) is 0.737. The van der Waals surface area contributed by atoms with Crippen LogP contribution in [0.15, 0.2) is 18.2 Å². The lowest BCUT2D eigenvalue weighted by molar-refractivity contribution is -0.121. The van der Waals surface area contributed by atoms with E-state index in [1.165, 1.54) is 11.1 Å². The first-order valence-electron chi connectivity index (χ1n) is 8.33. The lowest BCUT2D eigenvalue weighted by Crippen LogP contribution is -2.31. The fourth-order valence-corrected chi connectivity index (χ4v) is 2.73. The van der Waals surface area contributed by atoms with Gasteiger partial charge >= 0.3 is 0 Å². The van der Waals surface area contributed by atoms with Gasteiger partial charge in [0.15, 0.2) is 5.78 Å². The molecule has 1 amide bonds. The van der Waals surface area contributed by atoms with E-state index >= 15 is 0 Å². The van der Waals surface area contributed by atoms with Crippen LogP contribution in [0, 0.1) is 0 Å². The summed E-state index contributed by atoms with van der Waals surface area (Å²) in [5.41, 5.74) is 3.32. The van der Waals surface area contributed by atoms with Crippen molar-refractivity contribution in [3.8, 4) is 0 Å². The molecule has 0 unspecified atom stereocenters. The third kappa shape index (κ3) is 5.77. The summed E-state index contributed by atoms with van der Waals surface area (Å²) in [6.07, 6.45) is 2.50. The molecule has 126 valence electrons. The maximum atomic E-state index is 12.3. The standard InChI is InChI=1S/C18H27N3O2/c1-21(2)12-11-20-18(23)6-5-17(22)16-4-3-14-7-9-19-10-8-15(14)13-16/h3-4,13,19H,5-12H2,1-2H3,(H,20,23). The Morgan fingerprint density at radius 1 is 1.13 bits per heavy atom. The molecule has 0 saturated heterocycles. The zero-order valence-electron chi connectivity index (χ0n) is 14.2. The zero-order chi connectivity index (χ0) is 16.7. The highest BCUT2D eigenvalue weighted by molar-refractivity contribution is 5.98. The van der Waals surface area contributed by atoms with E-state index in [4.69, 9.17) is 0 Å². The van der Waals surface area contributed by atoms with Gasteiger partial charge in [0.2, 0.25) is 5.91 Å². The molecule has 1 aromatic carbocycles. The Morgan fingerprint density at radius 3 is 2.61 bits per heavy atom. The van der Waals surface area contributed by atoms with Crippen LogP contribution < -0.4 is 10.6 Å². The van der Waals surface area contributed by atoms with Crippen LogP contribution in [0.2, 0.25) is 0 Å². The largest absolute Gasteiger partial charge is 0.355 e. The van der Waals surface area contributed by atoms with E-state index in [-0.39, 0.29) is 24.5 Å². The number of benzene rings is 1. The summed E-state index contributed by atoms with van der Waals surface area (Å²) in [5.74, 6) is -0.00748. The van der Waals surface area contributed by atoms with Gasteiger partial charge in [-0.15, -0.1) is 0 Å². The van der Waals surface area contributed by atoms with Crippen LogP contribution in [-0.2, 0) is 17.6 Å². The van der Waals surface area contributed by atoms with Gasteiger partial charge in [0, 0.05) is 31.5 Å². The van der Waals surface area contributed by atoms with E-state index in [2.05, 4.69) is 16.7 Å². The van der Waals surface area contributed by atoms with E-state index in [0.29, 0.717) is 6.54 Å². The fourth-order valence-electron chi connectivity index (χ4n) is 2.73. The van der Waals surface area contributed by atoms with Crippen molar-refractivity contribution in [3.05, 3.63) is 34.9 Å². The van der Waals surface area contributed by atoms with E-state index in [1.807, 2.05) is 31.1 Å². The second-order valence-corrected chi connectivity index (χ2v) is 6.31. The number of nitrogens with one attached hydrogen (secondary N) is 2. The van der Waals surface area contributed by atoms with Gasteiger partial charge < -0.3 is 15.5 Å². The molecule has 0 aliphatic carbocycles. The number of nitrogens with zero attached hydrogens (tertiary/aromatic N) is 1. The minimum Gasteiger partial charge on any atom is -0.355 e. The molecule has 0 aromatic heterocycles. The topological polar surface area (TPSA) is 61.4 Å². The molecule has 5 heteroatoms. The van der Waals surface area contributed by atoms with Gasteiger partial charge in [-0.3, -0.25) is 9.59 Å². The molecule has 2 rings (SSSR count). The van der Waals surface area contributed by atoms with Gasteiger partial charge in [-0.2, -0.15) is 0 Å². The summed E-state index contributed by atoms with van der Waals surface area (Å²) in [4.78, 5) is 26.1. The summed E-state index contributed by atoms with van der Waals surface area (Å²) in [6.45, 7) is 3.37. The van der Waals surface area contributed by atoms with Gasteiger partial charge in [-0.1, -0.05) is 12.1 Å². The van der Waals surface area contributed by atoms with Crippen molar-refractivity contribution in [2.45, 2.75) is 25.7 Å². The van der Waals surface area contributed by atoms with Crippen molar-refractivity contribution in [1.29, 1.82) is 0 Å². The van der Waals surface area contributed by atoms with Gasteiger partial charge in [0.25, 0.3) is 0 Å². The first kappa shape index (κ1) is 17.6. The maximum absolute atomic E-state index is 12.3. The van der Waals surface area contributed by atoms with Crippen molar-refractivity contribution in [2.24, 2.45) is 0 Å². The Labute approximate surface area is 138 Å². The number of ketones is 1. The molecule has 1 aliphatic rings. The number of likely N-dealkylation sites (N-methyl/N-ethyl adjacent to an activating group) is 1.